The number of H-pyrrole nitrogens is 1. The van der Waals surface area contributed by atoms with Gasteiger partial charge >= 0.3 is 12.4 Å². The Morgan fingerprint density at radius 1 is 0.913 bits per heavy atom. The van der Waals surface area contributed by atoms with E-state index in [0.29, 0.717) is 18.2 Å². The smallest absolute Gasteiger partial charge is 0.361 e. The number of likely N-dealkylation sites (tertiary alicyclic amines) is 2. The molecule has 250 valence electrons. The first-order valence-electron chi connectivity index (χ1n) is 15.7. The fourth-order valence-electron chi connectivity index (χ4n) is 6.64. The molecule has 0 bridgehead atoms. The van der Waals surface area contributed by atoms with Crippen LogP contribution in [0.1, 0.15) is 67.2 Å². The van der Waals surface area contributed by atoms with Crippen molar-refractivity contribution in [3.05, 3.63) is 70.9 Å². The molecule has 46 heavy (non-hydrogen) atoms. The standard InChI is InChI=1S/C33H39F6N5O2/c1-21(27-19-40-28-8-4-3-7-26(27)28)30(42-29(45)20-43-13-9-25(10-14-43)44-11-5-2-6-12-44)31(46)41-18-22-15-23(32(34,35)36)17-24(16-22)33(37,38)39/h3-4,7-8,15-17,19,21,25,30,40H,2,5-6,9-14,18,20H2,1H3,(H,41,46)(H,42,45). The van der Waals surface area contributed by atoms with Gasteiger partial charge in [0.15, 0.2) is 0 Å². The summed E-state index contributed by atoms with van der Waals surface area (Å²) < 4.78 is 80.4. The second-order valence-corrected chi connectivity index (χ2v) is 12.4. The molecule has 2 amide bonds. The minimum atomic E-state index is -5.01. The fraction of sp³-hybridized carbons (Fsp3) is 0.515. The normalized spacial score (nSPS) is 18.8. The van der Waals surface area contributed by atoms with Crippen molar-refractivity contribution < 1.29 is 35.9 Å². The highest BCUT2D eigenvalue weighted by molar-refractivity contribution is 5.91. The van der Waals surface area contributed by atoms with E-state index in [4.69, 9.17) is 0 Å². The van der Waals surface area contributed by atoms with Crippen LogP contribution >= 0.6 is 0 Å². The molecule has 2 atom stereocenters. The lowest BCUT2D eigenvalue weighted by atomic mass is 9.92. The molecule has 2 saturated heterocycles. The SMILES string of the molecule is CC(c1c[nH]c2ccccc12)C(NC(=O)CN1CCC(N2CCCCC2)CC1)C(=O)NCc1cc(C(F)(F)F)cc(C(F)(F)F)c1. The second-order valence-electron chi connectivity index (χ2n) is 12.4. The number of benzene rings is 2. The molecule has 0 saturated carbocycles. The number of hydrogen-bond acceptors (Lipinski definition) is 4. The molecule has 5 rings (SSSR count). The first kappa shape index (κ1) is 33.8. The van der Waals surface area contributed by atoms with Gasteiger partial charge in [-0.3, -0.25) is 14.5 Å². The van der Waals surface area contributed by atoms with E-state index in [-0.39, 0.29) is 24.1 Å². The van der Waals surface area contributed by atoms with Gasteiger partial charge in [0.25, 0.3) is 0 Å². The van der Waals surface area contributed by atoms with E-state index in [1.807, 2.05) is 29.2 Å². The summed E-state index contributed by atoms with van der Waals surface area (Å²) in [6, 6.07) is 7.96. The zero-order chi connectivity index (χ0) is 33.1. The van der Waals surface area contributed by atoms with Gasteiger partial charge in [-0.2, -0.15) is 26.3 Å². The number of para-hydroxylation sites is 1. The molecule has 1 aromatic heterocycles. The highest BCUT2D eigenvalue weighted by Gasteiger charge is 2.37. The molecular weight excluding hydrogens is 612 g/mol. The van der Waals surface area contributed by atoms with Crippen molar-refractivity contribution in [3.63, 3.8) is 0 Å². The number of rotatable bonds is 9. The Morgan fingerprint density at radius 3 is 2.17 bits per heavy atom. The highest BCUT2D eigenvalue weighted by Crippen LogP contribution is 2.36. The van der Waals surface area contributed by atoms with Crippen molar-refractivity contribution in [2.75, 3.05) is 32.7 Å². The Morgan fingerprint density at radius 2 is 1.54 bits per heavy atom. The van der Waals surface area contributed by atoms with Crippen LogP contribution in [-0.4, -0.2) is 71.4 Å². The molecule has 2 fully saturated rings. The molecule has 0 aliphatic carbocycles. The van der Waals surface area contributed by atoms with Gasteiger partial charge in [-0.1, -0.05) is 31.5 Å². The minimum absolute atomic E-state index is 0.0444. The quantitative estimate of drug-likeness (QED) is 0.246. The van der Waals surface area contributed by atoms with Gasteiger partial charge < -0.3 is 20.5 Å². The summed E-state index contributed by atoms with van der Waals surface area (Å²) in [7, 11) is 0. The summed E-state index contributed by atoms with van der Waals surface area (Å²) in [5, 5.41) is 6.13. The summed E-state index contributed by atoms with van der Waals surface area (Å²) in [5.41, 5.74) is -1.75. The van der Waals surface area contributed by atoms with Crippen molar-refractivity contribution in [1.29, 1.82) is 0 Å². The maximum atomic E-state index is 13.6. The lowest BCUT2D eigenvalue weighted by Gasteiger charge is -2.40. The van der Waals surface area contributed by atoms with Crippen LogP contribution in [0.25, 0.3) is 10.9 Å². The van der Waals surface area contributed by atoms with Gasteiger partial charge in [0.1, 0.15) is 6.04 Å². The molecule has 2 aliphatic heterocycles. The number of halogens is 6. The molecule has 13 heteroatoms. The van der Waals surface area contributed by atoms with Gasteiger partial charge in [-0.15, -0.1) is 0 Å². The summed E-state index contributed by atoms with van der Waals surface area (Å²) in [4.78, 5) is 34.6. The molecule has 3 N–H and O–H groups in total. The number of piperidine rings is 2. The Labute approximate surface area is 263 Å². The van der Waals surface area contributed by atoms with Gasteiger partial charge in [0.05, 0.1) is 17.7 Å². The van der Waals surface area contributed by atoms with Crippen LogP contribution in [0.4, 0.5) is 26.3 Å². The van der Waals surface area contributed by atoms with Gasteiger partial charge in [0, 0.05) is 48.7 Å². The number of nitrogens with one attached hydrogen (secondary N) is 3. The third-order valence-corrected chi connectivity index (χ3v) is 9.16. The minimum Gasteiger partial charge on any atom is -0.361 e. The molecular formula is C33H39F6N5O2. The number of carbonyl (C=O) groups excluding carboxylic acids is 2. The van der Waals surface area contributed by atoms with Gasteiger partial charge in [0.2, 0.25) is 11.8 Å². The maximum Gasteiger partial charge on any atom is 0.416 e. The maximum absolute atomic E-state index is 13.6. The van der Waals surface area contributed by atoms with Crippen LogP contribution < -0.4 is 10.6 Å². The van der Waals surface area contributed by atoms with E-state index >= 15 is 0 Å². The first-order valence-corrected chi connectivity index (χ1v) is 15.7. The lowest BCUT2D eigenvalue weighted by Crippen LogP contribution is -2.53. The predicted octanol–water partition coefficient (Wildman–Crippen LogP) is 6.06. The second kappa shape index (κ2) is 14.0. The van der Waals surface area contributed by atoms with Crippen LogP contribution in [-0.2, 0) is 28.5 Å². The van der Waals surface area contributed by atoms with Crippen molar-refractivity contribution >= 4 is 22.7 Å². The van der Waals surface area contributed by atoms with Crippen LogP contribution in [0.2, 0.25) is 0 Å². The van der Waals surface area contributed by atoms with Crippen molar-refractivity contribution in [3.8, 4) is 0 Å². The molecule has 2 aliphatic rings. The predicted molar refractivity (Wildman–Crippen MR) is 162 cm³/mol. The number of carbonyl (C=O) groups is 2. The summed E-state index contributed by atoms with van der Waals surface area (Å²) in [6.07, 6.45) is -2.73. The van der Waals surface area contributed by atoms with Crippen LogP contribution in [0.5, 0.6) is 0 Å². The number of fused-ring (bicyclic) bond motifs is 1. The Balaban J connectivity index is 1.30. The van der Waals surface area contributed by atoms with Crippen molar-refractivity contribution in [2.24, 2.45) is 0 Å². The average Bonchev–Trinajstić information content (AvgIpc) is 3.46. The molecule has 7 nitrogen and oxygen atoms in total. The summed E-state index contributed by atoms with van der Waals surface area (Å²) in [6.45, 7) is 4.90. The molecule has 3 aromatic rings. The van der Waals surface area contributed by atoms with E-state index in [2.05, 4.69) is 20.5 Å². The number of aromatic amines is 1. The summed E-state index contributed by atoms with van der Waals surface area (Å²) >= 11 is 0. The third-order valence-electron chi connectivity index (χ3n) is 9.16. The van der Waals surface area contributed by atoms with E-state index in [1.54, 1.807) is 13.1 Å². The fourth-order valence-corrected chi connectivity index (χ4v) is 6.64. The number of amides is 2. The number of aromatic nitrogens is 1. The van der Waals surface area contributed by atoms with Crippen LogP contribution in [0.3, 0.4) is 0 Å². The van der Waals surface area contributed by atoms with Crippen LogP contribution in [0, 0.1) is 0 Å². The molecule has 2 aromatic carbocycles. The molecule has 0 spiro atoms. The van der Waals surface area contributed by atoms with Crippen molar-refractivity contribution in [1.82, 2.24) is 25.4 Å². The molecule has 3 heterocycles. The molecule has 0 radical (unpaired) electrons. The van der Waals surface area contributed by atoms with Crippen LogP contribution in [0.15, 0.2) is 48.7 Å². The Bertz CT molecular complexity index is 1470. The average molecular weight is 652 g/mol. The van der Waals surface area contributed by atoms with E-state index in [0.717, 1.165) is 55.5 Å². The Kier molecular flexibility index (Phi) is 10.3. The topological polar surface area (TPSA) is 80.5 Å². The van der Waals surface area contributed by atoms with E-state index < -0.39 is 47.9 Å². The Hall–Kier alpha value is -3.58. The van der Waals surface area contributed by atoms with Gasteiger partial charge in [-0.05, 0) is 74.2 Å². The van der Waals surface area contributed by atoms with E-state index in [9.17, 15) is 35.9 Å². The zero-order valence-corrected chi connectivity index (χ0v) is 25.6. The van der Waals surface area contributed by atoms with Gasteiger partial charge in [-0.25, -0.2) is 0 Å². The summed E-state index contributed by atoms with van der Waals surface area (Å²) in [5.74, 6) is -1.69. The third kappa shape index (κ3) is 8.22. The highest BCUT2D eigenvalue weighted by atomic mass is 19.4. The molecule has 2 unspecified atom stereocenters. The van der Waals surface area contributed by atoms with Crippen molar-refractivity contribution in [2.45, 2.75) is 75.9 Å². The number of alkyl halides is 6. The number of hydrogen-bond donors (Lipinski definition) is 3. The van der Waals surface area contributed by atoms with E-state index in [1.165, 1.54) is 19.3 Å². The lowest BCUT2D eigenvalue weighted by molar-refractivity contribution is -0.143. The number of nitrogens with zero attached hydrogens (tertiary/aromatic N) is 2. The monoisotopic (exact) mass is 651 g/mol. The zero-order valence-electron chi connectivity index (χ0n) is 25.6. The largest absolute Gasteiger partial charge is 0.416 e. The first-order chi connectivity index (χ1) is 21.8.